The summed E-state index contributed by atoms with van der Waals surface area (Å²) in [6.45, 7) is 0.391. The van der Waals surface area contributed by atoms with E-state index in [2.05, 4.69) is 20.9 Å². The van der Waals surface area contributed by atoms with Crippen molar-refractivity contribution in [1.82, 2.24) is 9.55 Å². The van der Waals surface area contributed by atoms with Gasteiger partial charge in [0, 0.05) is 4.47 Å². The van der Waals surface area contributed by atoms with Crippen molar-refractivity contribution in [3.8, 4) is 0 Å². The van der Waals surface area contributed by atoms with Gasteiger partial charge in [-0.1, -0.05) is 22.0 Å². The van der Waals surface area contributed by atoms with Crippen LogP contribution in [0.2, 0.25) is 0 Å². The lowest BCUT2D eigenvalue weighted by molar-refractivity contribution is -0.389. The van der Waals surface area contributed by atoms with Crippen LogP contribution in [0, 0.1) is 15.9 Å². The molecule has 0 saturated carbocycles. The molecule has 2 rings (SSSR count). The average Bonchev–Trinajstić information content (AvgIpc) is 2.71. The van der Waals surface area contributed by atoms with E-state index in [1.54, 1.807) is 10.6 Å². The van der Waals surface area contributed by atoms with Crippen molar-refractivity contribution >= 4 is 21.7 Å². The van der Waals surface area contributed by atoms with Gasteiger partial charge in [0.25, 0.3) is 0 Å². The summed E-state index contributed by atoms with van der Waals surface area (Å²) in [5, 5.41) is 10.4. The van der Waals surface area contributed by atoms with E-state index in [1.807, 2.05) is 0 Å². The third kappa shape index (κ3) is 2.68. The summed E-state index contributed by atoms with van der Waals surface area (Å²) < 4.78 is 15.0. The highest BCUT2D eigenvalue weighted by Gasteiger charge is 2.10. The summed E-state index contributed by atoms with van der Waals surface area (Å²) in [5.74, 6) is -0.541. The first kappa shape index (κ1) is 11.7. The van der Waals surface area contributed by atoms with Crippen LogP contribution in [0.3, 0.4) is 0 Å². The zero-order valence-electron chi connectivity index (χ0n) is 8.51. The van der Waals surface area contributed by atoms with Gasteiger partial charge in [0.05, 0.1) is 6.54 Å². The van der Waals surface area contributed by atoms with Gasteiger partial charge >= 0.3 is 5.82 Å². The highest BCUT2D eigenvalue weighted by molar-refractivity contribution is 9.10. The van der Waals surface area contributed by atoms with Gasteiger partial charge in [-0.3, -0.25) is 0 Å². The Morgan fingerprint density at radius 2 is 2.29 bits per heavy atom. The lowest BCUT2D eigenvalue weighted by atomic mass is 10.2. The van der Waals surface area contributed by atoms with Crippen LogP contribution >= 0.6 is 15.9 Å². The van der Waals surface area contributed by atoms with Crippen molar-refractivity contribution in [2.75, 3.05) is 0 Å². The van der Waals surface area contributed by atoms with Crippen LogP contribution in [0.5, 0.6) is 0 Å². The number of nitro groups is 1. The van der Waals surface area contributed by atoms with E-state index in [9.17, 15) is 14.5 Å². The number of halogens is 2. The number of benzene rings is 1. The van der Waals surface area contributed by atoms with Gasteiger partial charge in [-0.15, -0.1) is 0 Å². The lowest BCUT2D eigenvalue weighted by Gasteiger charge is -2.03. The fourth-order valence-corrected chi connectivity index (χ4v) is 1.85. The minimum atomic E-state index is -0.559. The first-order valence-corrected chi connectivity index (χ1v) is 5.45. The first-order chi connectivity index (χ1) is 8.06. The lowest BCUT2D eigenvalue weighted by Crippen LogP contribution is -1.97. The van der Waals surface area contributed by atoms with Gasteiger partial charge in [0.2, 0.25) is 6.33 Å². The third-order valence-corrected chi connectivity index (χ3v) is 2.91. The summed E-state index contributed by atoms with van der Waals surface area (Å²) in [4.78, 5) is 13.5. The number of nitrogens with zero attached hydrogens (tertiary/aromatic N) is 3. The molecule has 1 aromatic carbocycles. The molecule has 0 aliphatic rings. The molecule has 17 heavy (non-hydrogen) atoms. The number of aromatic nitrogens is 2. The number of imidazole rings is 1. The number of hydrogen-bond donors (Lipinski definition) is 0. The molecule has 5 nitrogen and oxygen atoms in total. The second-order valence-corrected chi connectivity index (χ2v) is 4.25. The molecule has 0 atom stereocenters. The molecule has 0 fully saturated rings. The Morgan fingerprint density at radius 1 is 1.53 bits per heavy atom. The first-order valence-electron chi connectivity index (χ1n) is 4.66. The van der Waals surface area contributed by atoms with Crippen LogP contribution in [0.4, 0.5) is 10.2 Å². The van der Waals surface area contributed by atoms with Gasteiger partial charge in [-0.2, -0.15) is 0 Å². The summed E-state index contributed by atoms with van der Waals surface area (Å²) >= 11 is 3.23. The van der Waals surface area contributed by atoms with E-state index in [4.69, 9.17) is 0 Å². The van der Waals surface area contributed by atoms with Gasteiger partial charge in [-0.25, -0.2) is 4.39 Å². The minimum Gasteiger partial charge on any atom is -0.358 e. The summed E-state index contributed by atoms with van der Waals surface area (Å²) in [6, 6.07) is 4.30. The molecule has 0 aliphatic heterocycles. The van der Waals surface area contributed by atoms with Crippen molar-refractivity contribution in [3.63, 3.8) is 0 Å². The molecule has 0 spiro atoms. The quantitative estimate of drug-likeness (QED) is 0.647. The van der Waals surface area contributed by atoms with Crippen molar-refractivity contribution < 1.29 is 9.31 Å². The number of hydrogen-bond acceptors (Lipinski definition) is 3. The monoisotopic (exact) mass is 299 g/mol. The second-order valence-electron chi connectivity index (χ2n) is 3.40. The largest absolute Gasteiger partial charge is 0.381 e. The minimum absolute atomic E-state index is 0.205. The molecule has 1 aromatic heterocycles. The van der Waals surface area contributed by atoms with Crippen molar-refractivity contribution in [2.24, 2.45) is 0 Å². The predicted molar refractivity (Wildman–Crippen MR) is 62.1 cm³/mol. The summed E-state index contributed by atoms with van der Waals surface area (Å²) in [7, 11) is 0. The standard InChI is InChI=1S/C10H7BrFN3O2/c11-9-3-8(12)2-1-7(9)4-14-5-10(13-6-14)15(16)17/h1-3,5-6H,4H2. The van der Waals surface area contributed by atoms with Crippen LogP contribution in [0.1, 0.15) is 5.56 Å². The molecule has 0 amide bonds. The van der Waals surface area contributed by atoms with Crippen LogP contribution in [-0.4, -0.2) is 14.5 Å². The third-order valence-electron chi connectivity index (χ3n) is 2.17. The van der Waals surface area contributed by atoms with Gasteiger partial charge in [0.1, 0.15) is 12.0 Å². The van der Waals surface area contributed by atoms with Crippen LogP contribution in [-0.2, 0) is 6.54 Å². The molecule has 1 heterocycles. The second kappa shape index (κ2) is 4.62. The highest BCUT2D eigenvalue weighted by atomic mass is 79.9. The molecule has 2 aromatic rings. The van der Waals surface area contributed by atoms with E-state index >= 15 is 0 Å². The Balaban J connectivity index is 2.22. The fourth-order valence-electron chi connectivity index (χ4n) is 1.38. The maximum atomic E-state index is 12.9. The molecular weight excluding hydrogens is 293 g/mol. The van der Waals surface area contributed by atoms with Gasteiger partial charge < -0.3 is 14.7 Å². The smallest absolute Gasteiger partial charge is 0.358 e. The van der Waals surface area contributed by atoms with E-state index in [1.165, 1.54) is 24.7 Å². The molecule has 0 N–H and O–H groups in total. The average molecular weight is 300 g/mol. The topological polar surface area (TPSA) is 61.0 Å². The SMILES string of the molecule is O=[N+]([O-])c1cn(Cc2ccc(F)cc2Br)cn1. The molecule has 0 saturated heterocycles. The Morgan fingerprint density at radius 3 is 2.88 bits per heavy atom. The molecule has 0 radical (unpaired) electrons. The fraction of sp³-hybridized carbons (Fsp3) is 0.100. The van der Waals surface area contributed by atoms with Crippen LogP contribution in [0.15, 0.2) is 35.2 Å². The zero-order chi connectivity index (χ0) is 12.4. The van der Waals surface area contributed by atoms with E-state index < -0.39 is 4.92 Å². The number of rotatable bonds is 3. The van der Waals surface area contributed by atoms with E-state index in [0.717, 1.165) is 5.56 Å². The van der Waals surface area contributed by atoms with Gasteiger partial charge in [-0.05, 0) is 27.6 Å². The molecule has 0 bridgehead atoms. The Labute approximate surface area is 104 Å². The van der Waals surface area contributed by atoms with Gasteiger partial charge in [0.15, 0.2) is 0 Å². The maximum Gasteiger partial charge on any atom is 0.381 e. The Hall–Kier alpha value is -1.76. The summed E-state index contributed by atoms with van der Waals surface area (Å²) in [5.41, 5.74) is 0.818. The zero-order valence-corrected chi connectivity index (χ0v) is 10.1. The van der Waals surface area contributed by atoms with Crippen molar-refractivity contribution in [2.45, 2.75) is 6.54 Å². The molecule has 7 heteroatoms. The van der Waals surface area contributed by atoms with Crippen LogP contribution in [0.25, 0.3) is 0 Å². The Bertz CT molecular complexity index is 570. The Kier molecular flexibility index (Phi) is 3.19. The normalized spacial score (nSPS) is 10.5. The summed E-state index contributed by atoms with van der Waals surface area (Å²) in [6.07, 6.45) is 2.70. The predicted octanol–water partition coefficient (Wildman–Crippen LogP) is 2.74. The molecule has 0 aliphatic carbocycles. The van der Waals surface area contributed by atoms with E-state index in [-0.39, 0.29) is 11.6 Å². The maximum absolute atomic E-state index is 12.9. The van der Waals surface area contributed by atoms with Crippen molar-refractivity contribution in [3.05, 3.63) is 56.7 Å². The van der Waals surface area contributed by atoms with E-state index in [0.29, 0.717) is 11.0 Å². The van der Waals surface area contributed by atoms with Crippen LogP contribution < -0.4 is 0 Å². The highest BCUT2D eigenvalue weighted by Crippen LogP contribution is 2.19. The molecule has 88 valence electrons. The molecular formula is C10H7BrFN3O2. The molecule has 0 unspecified atom stereocenters. The van der Waals surface area contributed by atoms with Crippen molar-refractivity contribution in [1.29, 1.82) is 0 Å².